The zero-order valence-electron chi connectivity index (χ0n) is 11.3. The highest BCUT2D eigenvalue weighted by Crippen LogP contribution is 2.33. The summed E-state index contributed by atoms with van der Waals surface area (Å²) in [7, 11) is 0. The van der Waals surface area contributed by atoms with Gasteiger partial charge in [-0.15, -0.1) is 0 Å². The number of hydrogen-bond acceptors (Lipinski definition) is 3. The summed E-state index contributed by atoms with van der Waals surface area (Å²) < 4.78 is 38.1. The molecule has 0 aromatic carbocycles. The van der Waals surface area contributed by atoms with Crippen molar-refractivity contribution < 1.29 is 18.0 Å². The Morgan fingerprint density at radius 2 is 2.05 bits per heavy atom. The summed E-state index contributed by atoms with van der Waals surface area (Å²) in [5.41, 5.74) is -0.816. The number of nitrogens with one attached hydrogen (secondary N) is 3. The van der Waals surface area contributed by atoms with Crippen LogP contribution in [0.1, 0.15) is 18.4 Å². The number of aromatic nitrogens is 1. The molecule has 0 bridgehead atoms. The zero-order chi connectivity index (χ0) is 15.3. The van der Waals surface area contributed by atoms with Crippen molar-refractivity contribution in [1.29, 1.82) is 0 Å². The van der Waals surface area contributed by atoms with Gasteiger partial charge in [0.05, 0.1) is 5.56 Å². The van der Waals surface area contributed by atoms with E-state index in [1.165, 1.54) is 12.3 Å². The number of carbonyl (C=O) groups excluding carboxylic acids is 1. The molecule has 1 aliphatic rings. The van der Waals surface area contributed by atoms with Gasteiger partial charge in [0.1, 0.15) is 5.82 Å². The van der Waals surface area contributed by atoms with Gasteiger partial charge in [0, 0.05) is 25.8 Å². The molecule has 2 amide bonds. The van der Waals surface area contributed by atoms with E-state index in [2.05, 4.69) is 20.9 Å². The first kappa shape index (κ1) is 15.4. The molecule has 5 nitrogen and oxygen atoms in total. The third-order valence-corrected chi connectivity index (χ3v) is 3.06. The van der Waals surface area contributed by atoms with Crippen LogP contribution in [0.5, 0.6) is 0 Å². The first-order chi connectivity index (χ1) is 9.97. The number of nitrogens with zero attached hydrogens (tertiary/aromatic N) is 1. The monoisotopic (exact) mass is 302 g/mol. The third-order valence-electron chi connectivity index (χ3n) is 3.06. The van der Waals surface area contributed by atoms with E-state index in [4.69, 9.17) is 0 Å². The van der Waals surface area contributed by atoms with Gasteiger partial charge < -0.3 is 16.0 Å². The summed E-state index contributed by atoms with van der Waals surface area (Å²) in [6.07, 6.45) is -0.886. The molecular formula is C13H17F3N4O. The van der Waals surface area contributed by atoms with Crippen LogP contribution in [0.25, 0.3) is 0 Å². The van der Waals surface area contributed by atoms with Crippen molar-refractivity contribution >= 4 is 11.8 Å². The molecule has 0 unspecified atom stereocenters. The lowest BCUT2D eigenvalue weighted by Gasteiger charge is -2.13. The van der Waals surface area contributed by atoms with Crippen LogP contribution in [-0.4, -0.2) is 30.6 Å². The second-order valence-electron chi connectivity index (χ2n) is 4.90. The summed E-state index contributed by atoms with van der Waals surface area (Å²) in [6.45, 7) is 1.03. The average molecular weight is 302 g/mol. The predicted octanol–water partition coefficient (Wildman–Crippen LogP) is 2.22. The van der Waals surface area contributed by atoms with Crippen molar-refractivity contribution in [2.75, 3.05) is 25.0 Å². The lowest BCUT2D eigenvalue weighted by molar-refractivity contribution is -0.137. The minimum Gasteiger partial charge on any atom is -0.368 e. The molecule has 0 aliphatic heterocycles. The van der Waals surface area contributed by atoms with Gasteiger partial charge in [-0.25, -0.2) is 9.78 Å². The minimum atomic E-state index is -4.45. The van der Waals surface area contributed by atoms with Gasteiger partial charge in [0.2, 0.25) is 0 Å². The zero-order valence-corrected chi connectivity index (χ0v) is 11.3. The molecule has 1 aromatic heterocycles. The van der Waals surface area contributed by atoms with E-state index in [0.29, 0.717) is 12.5 Å². The molecule has 21 heavy (non-hydrogen) atoms. The van der Waals surface area contributed by atoms with Crippen molar-refractivity contribution in [3.63, 3.8) is 0 Å². The Bertz CT molecular complexity index is 489. The standard InChI is InChI=1S/C13H17F3N4O/c14-13(15,16)10-2-1-5-17-11(10)18-6-7-19-12(21)20-8-9-3-4-9/h1-2,5,9H,3-4,6-8H2,(H,17,18)(H2,19,20,21). The molecule has 8 heteroatoms. The summed E-state index contributed by atoms with van der Waals surface area (Å²) in [5.74, 6) is 0.349. The van der Waals surface area contributed by atoms with Crippen LogP contribution in [0.2, 0.25) is 0 Å². The third kappa shape index (κ3) is 5.13. The number of urea groups is 1. The summed E-state index contributed by atoms with van der Waals surface area (Å²) in [4.78, 5) is 15.0. The summed E-state index contributed by atoms with van der Waals surface area (Å²) in [5, 5.41) is 7.86. The van der Waals surface area contributed by atoms with Gasteiger partial charge in [0.25, 0.3) is 0 Å². The number of pyridine rings is 1. The van der Waals surface area contributed by atoms with Gasteiger partial charge in [0.15, 0.2) is 0 Å². The highest BCUT2D eigenvalue weighted by atomic mass is 19.4. The Balaban J connectivity index is 1.71. The topological polar surface area (TPSA) is 66.0 Å². The highest BCUT2D eigenvalue weighted by Gasteiger charge is 2.33. The molecule has 2 rings (SSSR count). The largest absolute Gasteiger partial charge is 0.419 e. The Kier molecular flexibility index (Phi) is 4.87. The average Bonchev–Trinajstić information content (AvgIpc) is 3.25. The molecule has 1 aliphatic carbocycles. The fourth-order valence-electron chi connectivity index (χ4n) is 1.75. The molecule has 1 fully saturated rings. The van der Waals surface area contributed by atoms with Crippen LogP contribution >= 0.6 is 0 Å². The number of rotatable bonds is 6. The van der Waals surface area contributed by atoms with E-state index < -0.39 is 11.7 Å². The first-order valence-electron chi connectivity index (χ1n) is 6.74. The molecule has 0 radical (unpaired) electrons. The summed E-state index contributed by atoms with van der Waals surface area (Å²) >= 11 is 0. The number of carbonyl (C=O) groups is 1. The van der Waals surface area contributed by atoms with Crippen molar-refractivity contribution in [1.82, 2.24) is 15.6 Å². The van der Waals surface area contributed by atoms with Gasteiger partial charge in [-0.2, -0.15) is 13.2 Å². The Hall–Kier alpha value is -1.99. The molecule has 3 N–H and O–H groups in total. The molecule has 0 spiro atoms. The van der Waals surface area contributed by atoms with Crippen molar-refractivity contribution in [3.05, 3.63) is 23.9 Å². The molecule has 116 valence electrons. The van der Waals surface area contributed by atoms with Crippen molar-refractivity contribution in [2.24, 2.45) is 5.92 Å². The maximum absolute atomic E-state index is 12.7. The highest BCUT2D eigenvalue weighted by molar-refractivity contribution is 5.73. The predicted molar refractivity (Wildman–Crippen MR) is 71.9 cm³/mol. The number of halogens is 3. The van der Waals surface area contributed by atoms with Crippen LogP contribution in [0.4, 0.5) is 23.8 Å². The fourth-order valence-corrected chi connectivity index (χ4v) is 1.75. The molecule has 0 saturated heterocycles. The van der Waals surface area contributed by atoms with Crippen LogP contribution < -0.4 is 16.0 Å². The van der Waals surface area contributed by atoms with Crippen LogP contribution in [0, 0.1) is 5.92 Å². The van der Waals surface area contributed by atoms with E-state index in [9.17, 15) is 18.0 Å². The maximum Gasteiger partial charge on any atom is 0.419 e. The fraction of sp³-hybridized carbons (Fsp3) is 0.538. The molecular weight excluding hydrogens is 285 g/mol. The van der Waals surface area contributed by atoms with Crippen LogP contribution in [-0.2, 0) is 6.18 Å². The molecule has 1 heterocycles. The molecule has 1 aromatic rings. The maximum atomic E-state index is 12.7. The SMILES string of the molecule is O=C(NCCNc1ncccc1C(F)(F)F)NCC1CC1. The first-order valence-corrected chi connectivity index (χ1v) is 6.74. The van der Waals surface area contributed by atoms with E-state index in [-0.39, 0.29) is 24.9 Å². The van der Waals surface area contributed by atoms with E-state index >= 15 is 0 Å². The second-order valence-corrected chi connectivity index (χ2v) is 4.90. The van der Waals surface area contributed by atoms with Gasteiger partial charge in [-0.3, -0.25) is 0 Å². The lowest BCUT2D eigenvalue weighted by Crippen LogP contribution is -2.39. The molecule has 0 atom stereocenters. The number of alkyl halides is 3. The number of hydrogen-bond donors (Lipinski definition) is 3. The minimum absolute atomic E-state index is 0.164. The van der Waals surface area contributed by atoms with Gasteiger partial charge in [-0.1, -0.05) is 0 Å². The Labute approximate surface area is 120 Å². The Morgan fingerprint density at radius 1 is 1.29 bits per heavy atom. The van der Waals surface area contributed by atoms with Crippen LogP contribution in [0.3, 0.4) is 0 Å². The Morgan fingerprint density at radius 3 is 2.71 bits per heavy atom. The summed E-state index contributed by atoms with van der Waals surface area (Å²) in [6, 6.07) is 1.89. The lowest BCUT2D eigenvalue weighted by atomic mass is 10.2. The van der Waals surface area contributed by atoms with Gasteiger partial charge >= 0.3 is 12.2 Å². The second kappa shape index (κ2) is 6.64. The number of amides is 2. The normalized spacial score (nSPS) is 14.6. The quantitative estimate of drug-likeness (QED) is 0.706. The van der Waals surface area contributed by atoms with E-state index in [1.54, 1.807) is 0 Å². The van der Waals surface area contributed by atoms with E-state index in [1.807, 2.05) is 0 Å². The van der Waals surface area contributed by atoms with Gasteiger partial charge in [-0.05, 0) is 30.9 Å². The smallest absolute Gasteiger partial charge is 0.368 e. The van der Waals surface area contributed by atoms with E-state index in [0.717, 1.165) is 18.9 Å². The number of anilines is 1. The van der Waals surface area contributed by atoms with Crippen molar-refractivity contribution in [2.45, 2.75) is 19.0 Å². The van der Waals surface area contributed by atoms with Crippen molar-refractivity contribution in [3.8, 4) is 0 Å². The molecule has 1 saturated carbocycles. The van der Waals surface area contributed by atoms with Crippen LogP contribution in [0.15, 0.2) is 18.3 Å².